The second kappa shape index (κ2) is 9.58. The molecule has 2 saturated heterocycles. The lowest BCUT2D eigenvalue weighted by molar-refractivity contribution is -0.140. The van der Waals surface area contributed by atoms with E-state index in [1.54, 1.807) is 36.4 Å². The number of carbonyl (C=O) groups excluding carboxylic acids is 2. The van der Waals surface area contributed by atoms with Gasteiger partial charge in [-0.15, -0.1) is 0 Å². The first-order valence-electron chi connectivity index (χ1n) is 10.8. The minimum absolute atomic E-state index is 0.0187. The molecule has 0 spiro atoms. The Bertz CT molecular complexity index is 974. The quantitative estimate of drug-likeness (QED) is 0.402. The van der Waals surface area contributed by atoms with Gasteiger partial charge in [0.1, 0.15) is 23.3 Å². The zero-order chi connectivity index (χ0) is 22.7. The van der Waals surface area contributed by atoms with Crippen molar-refractivity contribution in [1.82, 2.24) is 9.80 Å². The Hall–Kier alpha value is -3.10. The van der Waals surface area contributed by atoms with Crippen LogP contribution in [0.1, 0.15) is 31.2 Å². The fourth-order valence-corrected chi connectivity index (χ4v) is 4.05. The number of aliphatic hydroxyl groups is 1. The summed E-state index contributed by atoms with van der Waals surface area (Å²) in [5.41, 5.74) is 0.466. The van der Waals surface area contributed by atoms with Crippen molar-refractivity contribution < 1.29 is 28.6 Å². The second-order valence-corrected chi connectivity index (χ2v) is 8.15. The van der Waals surface area contributed by atoms with Crippen LogP contribution in [0, 0.1) is 0 Å². The topological polar surface area (TPSA) is 92.5 Å². The van der Waals surface area contributed by atoms with E-state index in [2.05, 4.69) is 4.90 Å². The summed E-state index contributed by atoms with van der Waals surface area (Å²) in [4.78, 5) is 29.6. The standard InChI is InChI=1S/C24H28N2O6/c1-16(2)32-18-7-5-17(6-8-18)22(27)20-21(19-4-3-13-31-19)26(24(29)23(20)28)10-9-25-11-14-30-15-12-25/h3-8,13,16,21,27H,9-12,14-15H2,1-2H3/t21-/m0/s1. The van der Waals surface area contributed by atoms with Gasteiger partial charge in [0.2, 0.25) is 0 Å². The second-order valence-electron chi connectivity index (χ2n) is 8.15. The predicted octanol–water partition coefficient (Wildman–Crippen LogP) is 2.82. The summed E-state index contributed by atoms with van der Waals surface area (Å²) in [7, 11) is 0. The molecule has 0 radical (unpaired) electrons. The van der Waals surface area contributed by atoms with Gasteiger partial charge in [0, 0.05) is 31.7 Å². The molecule has 1 atom stereocenters. The Morgan fingerprint density at radius 1 is 1.12 bits per heavy atom. The average molecular weight is 440 g/mol. The van der Waals surface area contributed by atoms with E-state index in [-0.39, 0.29) is 17.4 Å². The first-order chi connectivity index (χ1) is 15.5. The van der Waals surface area contributed by atoms with Crippen LogP contribution >= 0.6 is 0 Å². The number of nitrogens with zero attached hydrogens (tertiary/aromatic N) is 2. The van der Waals surface area contributed by atoms with Crippen LogP contribution < -0.4 is 4.74 Å². The van der Waals surface area contributed by atoms with Crippen LogP contribution in [0.5, 0.6) is 5.75 Å². The highest BCUT2D eigenvalue weighted by atomic mass is 16.5. The zero-order valence-corrected chi connectivity index (χ0v) is 18.3. The maximum atomic E-state index is 13.0. The lowest BCUT2D eigenvalue weighted by Gasteiger charge is -2.30. The molecule has 32 heavy (non-hydrogen) atoms. The van der Waals surface area contributed by atoms with Crippen molar-refractivity contribution in [2.24, 2.45) is 0 Å². The monoisotopic (exact) mass is 440 g/mol. The van der Waals surface area contributed by atoms with Crippen LogP contribution in [-0.2, 0) is 14.3 Å². The molecule has 1 aromatic carbocycles. The number of hydrogen-bond donors (Lipinski definition) is 1. The highest BCUT2D eigenvalue weighted by Crippen LogP contribution is 2.39. The number of amides is 1. The molecule has 2 aromatic rings. The third-order valence-electron chi connectivity index (χ3n) is 5.61. The first kappa shape index (κ1) is 22.1. The zero-order valence-electron chi connectivity index (χ0n) is 18.3. The number of ether oxygens (including phenoxy) is 2. The molecule has 3 heterocycles. The molecule has 170 valence electrons. The molecule has 1 amide bonds. The molecule has 4 rings (SSSR count). The molecule has 2 aliphatic heterocycles. The van der Waals surface area contributed by atoms with Crippen molar-refractivity contribution in [1.29, 1.82) is 0 Å². The van der Waals surface area contributed by atoms with Gasteiger partial charge in [-0.1, -0.05) is 0 Å². The SMILES string of the molecule is CC(C)Oc1ccc(C(O)=C2C(=O)C(=O)N(CCN3CCOCC3)[C@H]2c2ccco2)cc1. The number of likely N-dealkylation sites (tertiary alicyclic amines) is 1. The number of Topliss-reactive ketones (excluding diaryl/α,β-unsaturated/α-hetero) is 1. The van der Waals surface area contributed by atoms with E-state index in [0.29, 0.717) is 43.4 Å². The van der Waals surface area contributed by atoms with Crippen LogP contribution in [0.15, 0.2) is 52.7 Å². The van der Waals surface area contributed by atoms with Crippen LogP contribution in [-0.4, -0.2) is 72.1 Å². The van der Waals surface area contributed by atoms with Crippen molar-refractivity contribution in [3.63, 3.8) is 0 Å². The van der Waals surface area contributed by atoms with E-state index in [4.69, 9.17) is 13.9 Å². The lowest BCUT2D eigenvalue weighted by atomic mass is 9.99. The molecule has 2 aliphatic rings. The lowest BCUT2D eigenvalue weighted by Crippen LogP contribution is -2.42. The summed E-state index contributed by atoms with van der Waals surface area (Å²) in [6, 6.07) is 9.44. The highest BCUT2D eigenvalue weighted by Gasteiger charge is 2.47. The third kappa shape index (κ3) is 4.56. The highest BCUT2D eigenvalue weighted by molar-refractivity contribution is 6.46. The molecule has 0 saturated carbocycles. The van der Waals surface area contributed by atoms with E-state index in [1.807, 2.05) is 13.8 Å². The van der Waals surface area contributed by atoms with Crippen molar-refractivity contribution in [3.05, 3.63) is 59.6 Å². The van der Waals surface area contributed by atoms with Gasteiger partial charge in [-0.3, -0.25) is 14.5 Å². The minimum Gasteiger partial charge on any atom is -0.507 e. The minimum atomic E-state index is -0.780. The molecular weight excluding hydrogens is 412 g/mol. The fourth-order valence-electron chi connectivity index (χ4n) is 4.05. The molecule has 0 bridgehead atoms. The van der Waals surface area contributed by atoms with Crippen LogP contribution in [0.2, 0.25) is 0 Å². The molecule has 1 N–H and O–H groups in total. The smallest absolute Gasteiger partial charge is 0.295 e. The van der Waals surface area contributed by atoms with Gasteiger partial charge in [-0.05, 0) is 50.2 Å². The van der Waals surface area contributed by atoms with Gasteiger partial charge in [0.15, 0.2) is 0 Å². The number of carbonyl (C=O) groups is 2. The van der Waals surface area contributed by atoms with E-state index in [9.17, 15) is 14.7 Å². The summed E-state index contributed by atoms with van der Waals surface area (Å²) >= 11 is 0. The summed E-state index contributed by atoms with van der Waals surface area (Å²) in [6.45, 7) is 7.65. The maximum Gasteiger partial charge on any atom is 0.295 e. The van der Waals surface area contributed by atoms with Crippen molar-refractivity contribution in [2.45, 2.75) is 26.0 Å². The number of ketones is 1. The largest absolute Gasteiger partial charge is 0.507 e. The summed E-state index contributed by atoms with van der Waals surface area (Å²) in [5, 5.41) is 11.1. The van der Waals surface area contributed by atoms with E-state index >= 15 is 0 Å². The normalized spacial score (nSPS) is 21.5. The number of hydrogen-bond acceptors (Lipinski definition) is 7. The number of furan rings is 1. The number of morpholine rings is 1. The molecule has 0 unspecified atom stereocenters. The van der Waals surface area contributed by atoms with Crippen LogP contribution in [0.4, 0.5) is 0 Å². The number of rotatable bonds is 7. The average Bonchev–Trinajstić information content (AvgIpc) is 3.40. The van der Waals surface area contributed by atoms with Crippen LogP contribution in [0.25, 0.3) is 5.76 Å². The van der Waals surface area contributed by atoms with Gasteiger partial charge in [-0.2, -0.15) is 0 Å². The van der Waals surface area contributed by atoms with Crippen LogP contribution in [0.3, 0.4) is 0 Å². The molecule has 2 fully saturated rings. The van der Waals surface area contributed by atoms with E-state index < -0.39 is 17.7 Å². The van der Waals surface area contributed by atoms with Crippen molar-refractivity contribution >= 4 is 17.4 Å². The van der Waals surface area contributed by atoms with Crippen molar-refractivity contribution in [3.8, 4) is 5.75 Å². The fraction of sp³-hybridized carbons (Fsp3) is 0.417. The Labute approximate surface area is 187 Å². The molecular formula is C24H28N2O6. The number of aliphatic hydroxyl groups excluding tert-OH is 1. The van der Waals surface area contributed by atoms with Gasteiger partial charge < -0.3 is 23.9 Å². The summed E-state index contributed by atoms with van der Waals surface area (Å²) in [6.07, 6.45) is 1.51. The Morgan fingerprint density at radius 2 is 1.84 bits per heavy atom. The third-order valence-corrected chi connectivity index (χ3v) is 5.61. The predicted molar refractivity (Wildman–Crippen MR) is 117 cm³/mol. The summed E-state index contributed by atoms with van der Waals surface area (Å²) in [5.74, 6) is -0.485. The molecule has 8 nitrogen and oxygen atoms in total. The maximum absolute atomic E-state index is 13.0. The van der Waals surface area contributed by atoms with Crippen molar-refractivity contribution in [2.75, 3.05) is 39.4 Å². The Kier molecular flexibility index (Phi) is 6.62. The van der Waals surface area contributed by atoms with E-state index in [0.717, 1.165) is 13.1 Å². The van der Waals surface area contributed by atoms with Gasteiger partial charge in [0.25, 0.3) is 11.7 Å². The molecule has 0 aliphatic carbocycles. The summed E-state index contributed by atoms with van der Waals surface area (Å²) < 4.78 is 16.6. The molecule has 8 heteroatoms. The number of benzene rings is 1. The van der Waals surface area contributed by atoms with Gasteiger partial charge in [0.05, 0.1) is 31.2 Å². The van der Waals surface area contributed by atoms with Gasteiger partial charge >= 0.3 is 0 Å². The van der Waals surface area contributed by atoms with E-state index in [1.165, 1.54) is 11.2 Å². The first-order valence-corrected chi connectivity index (χ1v) is 10.8. The molecule has 1 aromatic heterocycles. The Balaban J connectivity index is 1.64. The van der Waals surface area contributed by atoms with Gasteiger partial charge in [-0.25, -0.2) is 0 Å². The Morgan fingerprint density at radius 3 is 2.47 bits per heavy atom.